The molecule has 0 atom stereocenters. The predicted octanol–water partition coefficient (Wildman–Crippen LogP) is 3.17. The third-order valence-electron chi connectivity index (χ3n) is 4.55. The largest absolute Gasteiger partial charge is 0.452 e. The first-order valence-corrected chi connectivity index (χ1v) is 9.65. The monoisotopic (exact) mass is 373 g/mol. The summed E-state index contributed by atoms with van der Waals surface area (Å²) in [5.41, 5.74) is 2.96. The minimum absolute atomic E-state index is 0.230. The first-order chi connectivity index (χ1) is 12.5. The minimum atomic E-state index is -0.523. The maximum atomic E-state index is 11.9. The van der Waals surface area contributed by atoms with Gasteiger partial charge in [0, 0.05) is 35.1 Å². The number of amides is 1. The molecule has 1 fully saturated rings. The number of aryl methyl sites for hydroxylation is 1. The lowest BCUT2D eigenvalue weighted by atomic mass is 10.2. The number of esters is 1. The van der Waals surface area contributed by atoms with Gasteiger partial charge in [0.1, 0.15) is 0 Å². The van der Waals surface area contributed by atoms with Crippen molar-refractivity contribution in [3.8, 4) is 5.13 Å². The maximum absolute atomic E-state index is 11.9. The van der Waals surface area contributed by atoms with Crippen LogP contribution in [0.3, 0.4) is 0 Å². The molecule has 2 aromatic rings. The second-order valence-corrected chi connectivity index (χ2v) is 7.34. The zero-order valence-electron chi connectivity index (χ0n) is 15.0. The number of nitrogens with one attached hydrogen (secondary N) is 1. The lowest BCUT2D eigenvalue weighted by Gasteiger charge is -2.11. The topological polar surface area (TPSA) is 73.2 Å². The lowest BCUT2D eigenvalue weighted by molar-refractivity contribution is -0.144. The van der Waals surface area contributed by atoms with Crippen LogP contribution >= 0.6 is 11.3 Å². The SMILES string of the molecule is Cc1cc(C=CC(=O)OCC(=O)NC2CCCC2)c(C)n1-c1nccs1. The Labute approximate surface area is 156 Å². The summed E-state index contributed by atoms with van der Waals surface area (Å²) in [6.07, 6.45) is 9.14. The highest BCUT2D eigenvalue weighted by molar-refractivity contribution is 7.12. The Bertz CT molecular complexity index is 802. The molecule has 1 aliphatic rings. The summed E-state index contributed by atoms with van der Waals surface area (Å²) in [4.78, 5) is 28.0. The second-order valence-electron chi connectivity index (χ2n) is 6.47. The van der Waals surface area contributed by atoms with E-state index in [2.05, 4.69) is 10.3 Å². The highest BCUT2D eigenvalue weighted by Crippen LogP contribution is 2.23. The molecule has 0 radical (unpaired) electrons. The molecular weight excluding hydrogens is 350 g/mol. The summed E-state index contributed by atoms with van der Waals surface area (Å²) in [6, 6.07) is 2.22. The van der Waals surface area contributed by atoms with Crippen LogP contribution in [-0.4, -0.2) is 34.1 Å². The van der Waals surface area contributed by atoms with Crippen molar-refractivity contribution in [2.24, 2.45) is 0 Å². The third-order valence-corrected chi connectivity index (χ3v) is 5.30. The highest BCUT2D eigenvalue weighted by atomic mass is 32.1. The van der Waals surface area contributed by atoms with Crippen LogP contribution in [0.15, 0.2) is 23.7 Å². The fraction of sp³-hybridized carbons (Fsp3) is 0.421. The summed E-state index contributed by atoms with van der Waals surface area (Å²) in [5, 5.41) is 5.72. The minimum Gasteiger partial charge on any atom is -0.452 e. The van der Waals surface area contributed by atoms with Gasteiger partial charge in [-0.25, -0.2) is 9.78 Å². The van der Waals surface area contributed by atoms with Crippen LogP contribution in [-0.2, 0) is 14.3 Å². The molecule has 0 aliphatic heterocycles. The molecule has 138 valence electrons. The number of rotatable bonds is 6. The summed E-state index contributed by atoms with van der Waals surface area (Å²) >= 11 is 1.56. The molecule has 7 heteroatoms. The molecule has 26 heavy (non-hydrogen) atoms. The number of ether oxygens (including phenoxy) is 1. The van der Waals surface area contributed by atoms with Crippen molar-refractivity contribution in [3.63, 3.8) is 0 Å². The van der Waals surface area contributed by atoms with Crippen LogP contribution in [0.4, 0.5) is 0 Å². The molecule has 0 bridgehead atoms. The third kappa shape index (κ3) is 4.40. The molecule has 3 rings (SSSR count). The van der Waals surface area contributed by atoms with Gasteiger partial charge in [-0.2, -0.15) is 0 Å². The molecule has 2 aromatic heterocycles. The van der Waals surface area contributed by atoms with Crippen LogP contribution in [0.2, 0.25) is 0 Å². The van der Waals surface area contributed by atoms with E-state index in [4.69, 9.17) is 4.74 Å². The number of carbonyl (C=O) groups is 2. The van der Waals surface area contributed by atoms with Crippen molar-refractivity contribution in [2.45, 2.75) is 45.6 Å². The van der Waals surface area contributed by atoms with Crippen molar-refractivity contribution >= 4 is 29.3 Å². The van der Waals surface area contributed by atoms with E-state index in [9.17, 15) is 9.59 Å². The van der Waals surface area contributed by atoms with E-state index in [0.717, 1.165) is 47.8 Å². The maximum Gasteiger partial charge on any atom is 0.331 e. The molecular formula is C19H23N3O3S. The second kappa shape index (κ2) is 8.31. The summed E-state index contributed by atoms with van der Waals surface area (Å²) in [5.74, 6) is -0.758. The van der Waals surface area contributed by atoms with Crippen LogP contribution in [0, 0.1) is 13.8 Å². The van der Waals surface area contributed by atoms with E-state index < -0.39 is 5.97 Å². The average Bonchev–Trinajstić information content (AvgIpc) is 3.34. The van der Waals surface area contributed by atoms with Gasteiger partial charge >= 0.3 is 5.97 Å². The fourth-order valence-electron chi connectivity index (χ4n) is 3.26. The van der Waals surface area contributed by atoms with E-state index in [-0.39, 0.29) is 18.6 Å². The van der Waals surface area contributed by atoms with Crippen molar-refractivity contribution in [2.75, 3.05) is 6.61 Å². The molecule has 0 saturated heterocycles. The number of carbonyl (C=O) groups excluding carboxylic acids is 2. The van der Waals surface area contributed by atoms with Crippen molar-refractivity contribution in [3.05, 3.63) is 40.7 Å². The Morgan fingerprint density at radius 2 is 2.15 bits per heavy atom. The molecule has 1 N–H and O–H groups in total. The summed E-state index contributed by atoms with van der Waals surface area (Å²) in [7, 11) is 0. The van der Waals surface area contributed by atoms with E-state index >= 15 is 0 Å². The molecule has 0 aromatic carbocycles. The van der Waals surface area contributed by atoms with Gasteiger partial charge in [0.25, 0.3) is 5.91 Å². The van der Waals surface area contributed by atoms with Gasteiger partial charge in [0.05, 0.1) is 0 Å². The zero-order valence-corrected chi connectivity index (χ0v) is 15.8. The number of thiazole rings is 1. The van der Waals surface area contributed by atoms with Gasteiger partial charge in [-0.15, -0.1) is 11.3 Å². The molecule has 1 amide bonds. The van der Waals surface area contributed by atoms with Gasteiger partial charge in [0.2, 0.25) is 0 Å². The van der Waals surface area contributed by atoms with E-state index in [0.29, 0.717) is 0 Å². The molecule has 2 heterocycles. The van der Waals surface area contributed by atoms with Crippen molar-refractivity contribution in [1.29, 1.82) is 0 Å². The first-order valence-electron chi connectivity index (χ1n) is 8.77. The van der Waals surface area contributed by atoms with E-state index in [1.807, 2.05) is 29.9 Å². The Morgan fingerprint density at radius 1 is 1.38 bits per heavy atom. The fourth-order valence-corrected chi connectivity index (χ4v) is 4.01. The quantitative estimate of drug-likeness (QED) is 0.623. The van der Waals surface area contributed by atoms with Gasteiger partial charge in [-0.05, 0) is 44.4 Å². The van der Waals surface area contributed by atoms with E-state index in [1.54, 1.807) is 23.6 Å². The molecule has 1 saturated carbocycles. The van der Waals surface area contributed by atoms with Crippen molar-refractivity contribution in [1.82, 2.24) is 14.9 Å². The molecule has 0 unspecified atom stereocenters. The number of hydrogen-bond donors (Lipinski definition) is 1. The standard InChI is InChI=1S/C19H23N3O3S/c1-13-11-15(14(2)22(13)19-20-9-10-26-19)7-8-18(24)25-12-17(23)21-16-5-3-4-6-16/h7-11,16H,3-6,12H2,1-2H3,(H,21,23). The van der Waals surface area contributed by atoms with Crippen molar-refractivity contribution < 1.29 is 14.3 Å². The van der Waals surface area contributed by atoms with Gasteiger partial charge < -0.3 is 10.1 Å². The first kappa shape index (κ1) is 18.4. The van der Waals surface area contributed by atoms with Crippen LogP contribution in [0.5, 0.6) is 0 Å². The zero-order chi connectivity index (χ0) is 18.5. The molecule has 1 aliphatic carbocycles. The Morgan fingerprint density at radius 3 is 2.85 bits per heavy atom. The Kier molecular flexibility index (Phi) is 5.88. The lowest BCUT2D eigenvalue weighted by Crippen LogP contribution is -2.35. The van der Waals surface area contributed by atoms with Gasteiger partial charge in [-0.3, -0.25) is 9.36 Å². The van der Waals surface area contributed by atoms with Gasteiger partial charge in [-0.1, -0.05) is 12.8 Å². The number of hydrogen-bond acceptors (Lipinski definition) is 5. The Hall–Kier alpha value is -2.41. The Balaban J connectivity index is 1.55. The van der Waals surface area contributed by atoms with Crippen LogP contribution in [0.25, 0.3) is 11.2 Å². The highest BCUT2D eigenvalue weighted by Gasteiger charge is 2.17. The number of aromatic nitrogens is 2. The summed E-state index contributed by atoms with van der Waals surface area (Å²) in [6.45, 7) is 3.74. The molecule has 0 spiro atoms. The smallest absolute Gasteiger partial charge is 0.331 e. The normalized spacial score (nSPS) is 14.8. The summed E-state index contributed by atoms with van der Waals surface area (Å²) < 4.78 is 7.08. The average molecular weight is 373 g/mol. The van der Waals surface area contributed by atoms with Crippen LogP contribution < -0.4 is 5.32 Å². The number of nitrogens with zero attached hydrogens (tertiary/aromatic N) is 2. The predicted molar refractivity (Wildman–Crippen MR) is 101 cm³/mol. The van der Waals surface area contributed by atoms with E-state index in [1.165, 1.54) is 6.08 Å². The molecule has 6 nitrogen and oxygen atoms in total. The van der Waals surface area contributed by atoms with Crippen LogP contribution in [0.1, 0.15) is 42.6 Å². The van der Waals surface area contributed by atoms with Gasteiger partial charge in [0.15, 0.2) is 11.7 Å².